The van der Waals surface area contributed by atoms with E-state index in [4.69, 9.17) is 0 Å². The summed E-state index contributed by atoms with van der Waals surface area (Å²) in [7, 11) is 0. The van der Waals surface area contributed by atoms with E-state index < -0.39 is 0 Å². The third kappa shape index (κ3) is 2.69. The van der Waals surface area contributed by atoms with Gasteiger partial charge in [-0.3, -0.25) is 4.79 Å². The lowest BCUT2D eigenvalue weighted by molar-refractivity contribution is 1.09. The van der Waals surface area contributed by atoms with E-state index in [0.717, 1.165) is 5.56 Å². The molecule has 2 aromatic rings. The van der Waals surface area contributed by atoms with Crippen molar-refractivity contribution < 1.29 is 0 Å². The van der Waals surface area contributed by atoms with Gasteiger partial charge >= 0.3 is 0 Å². The van der Waals surface area contributed by atoms with Crippen LogP contribution in [-0.2, 0) is 0 Å². The molecule has 2 rings (SSSR count). The van der Waals surface area contributed by atoms with Crippen LogP contribution in [0.4, 0.5) is 0 Å². The summed E-state index contributed by atoms with van der Waals surface area (Å²) in [4.78, 5) is 17.8. The number of aromatic nitrogens is 2. The van der Waals surface area contributed by atoms with Crippen molar-refractivity contribution in [2.75, 3.05) is 0 Å². The molecule has 0 aliphatic rings. The number of nitrogens with zero attached hydrogens (tertiary/aromatic N) is 1. The first-order chi connectivity index (χ1) is 8.16. The van der Waals surface area contributed by atoms with Gasteiger partial charge in [-0.15, -0.1) is 0 Å². The van der Waals surface area contributed by atoms with Crippen LogP contribution in [0.3, 0.4) is 0 Å². The van der Waals surface area contributed by atoms with Gasteiger partial charge in [0.05, 0.1) is 0 Å². The predicted molar refractivity (Wildman–Crippen MR) is 69.7 cm³/mol. The van der Waals surface area contributed by atoms with Gasteiger partial charge in [0.1, 0.15) is 5.82 Å². The largest absolute Gasteiger partial charge is 0.307 e. The lowest BCUT2D eigenvalue weighted by Crippen LogP contribution is -2.05. The van der Waals surface area contributed by atoms with Crippen molar-refractivity contribution in [3.8, 4) is 0 Å². The number of benzene rings is 1. The zero-order chi connectivity index (χ0) is 12.3. The molecular formula is C14H14N2O. The fourth-order valence-electron chi connectivity index (χ4n) is 1.59. The van der Waals surface area contributed by atoms with Crippen LogP contribution < -0.4 is 5.56 Å². The SMILES string of the molecule is Cc1cccc(C=Cc2nccc(=O)[nH]2)c1C. The number of aromatic amines is 1. The van der Waals surface area contributed by atoms with Gasteiger partial charge in [-0.25, -0.2) is 4.98 Å². The lowest BCUT2D eigenvalue weighted by Gasteiger charge is -2.03. The zero-order valence-electron chi connectivity index (χ0n) is 9.90. The van der Waals surface area contributed by atoms with E-state index in [-0.39, 0.29) is 5.56 Å². The summed E-state index contributed by atoms with van der Waals surface area (Å²) in [5, 5.41) is 0. The number of hydrogen-bond donors (Lipinski definition) is 1. The van der Waals surface area contributed by atoms with E-state index in [9.17, 15) is 4.79 Å². The van der Waals surface area contributed by atoms with Gasteiger partial charge in [0.25, 0.3) is 5.56 Å². The molecule has 0 aliphatic heterocycles. The van der Waals surface area contributed by atoms with Crippen molar-refractivity contribution in [3.05, 3.63) is 63.3 Å². The highest BCUT2D eigenvalue weighted by atomic mass is 16.1. The summed E-state index contributed by atoms with van der Waals surface area (Å²) >= 11 is 0. The molecule has 0 fully saturated rings. The zero-order valence-corrected chi connectivity index (χ0v) is 9.90. The second-order valence-electron chi connectivity index (χ2n) is 3.94. The number of rotatable bonds is 2. The molecule has 17 heavy (non-hydrogen) atoms. The van der Waals surface area contributed by atoms with Crippen molar-refractivity contribution >= 4 is 12.2 Å². The summed E-state index contributed by atoms with van der Waals surface area (Å²) in [5.41, 5.74) is 3.49. The predicted octanol–water partition coefficient (Wildman–Crippen LogP) is 2.56. The van der Waals surface area contributed by atoms with E-state index in [1.807, 2.05) is 24.3 Å². The summed E-state index contributed by atoms with van der Waals surface area (Å²) < 4.78 is 0. The third-order valence-corrected chi connectivity index (χ3v) is 2.76. The Morgan fingerprint density at radius 3 is 2.76 bits per heavy atom. The van der Waals surface area contributed by atoms with E-state index in [2.05, 4.69) is 29.9 Å². The Kier molecular flexibility index (Phi) is 3.19. The van der Waals surface area contributed by atoms with Crippen LogP contribution in [0.25, 0.3) is 12.2 Å². The number of H-pyrrole nitrogens is 1. The topological polar surface area (TPSA) is 45.8 Å². The molecule has 3 nitrogen and oxygen atoms in total. The third-order valence-electron chi connectivity index (χ3n) is 2.76. The standard InChI is InChI=1S/C14H14N2O/c1-10-4-3-5-12(11(10)2)6-7-13-15-9-8-14(17)16-13/h3-9H,1-2H3,(H,15,16,17). The van der Waals surface area contributed by atoms with E-state index in [1.54, 1.807) is 0 Å². The van der Waals surface area contributed by atoms with Gasteiger partial charge < -0.3 is 4.98 Å². The van der Waals surface area contributed by atoms with Gasteiger partial charge in [-0.1, -0.05) is 24.3 Å². The van der Waals surface area contributed by atoms with Gasteiger partial charge in [0.2, 0.25) is 0 Å². The van der Waals surface area contributed by atoms with Crippen molar-refractivity contribution in [1.82, 2.24) is 9.97 Å². The van der Waals surface area contributed by atoms with Crippen LogP contribution in [-0.4, -0.2) is 9.97 Å². The van der Waals surface area contributed by atoms with Crippen LogP contribution in [0.15, 0.2) is 35.3 Å². The maximum atomic E-state index is 11.1. The number of hydrogen-bond acceptors (Lipinski definition) is 2. The molecule has 0 amide bonds. The molecule has 1 N–H and O–H groups in total. The van der Waals surface area contributed by atoms with E-state index in [0.29, 0.717) is 5.82 Å². The maximum Gasteiger partial charge on any atom is 0.251 e. The minimum Gasteiger partial charge on any atom is -0.307 e. The quantitative estimate of drug-likeness (QED) is 0.855. The van der Waals surface area contributed by atoms with E-state index in [1.165, 1.54) is 23.4 Å². The van der Waals surface area contributed by atoms with Crippen molar-refractivity contribution in [2.45, 2.75) is 13.8 Å². The Balaban J connectivity index is 2.32. The minimum absolute atomic E-state index is 0.138. The molecule has 0 saturated carbocycles. The average Bonchev–Trinajstić information content (AvgIpc) is 2.31. The molecule has 1 aromatic carbocycles. The normalized spacial score (nSPS) is 10.9. The molecule has 3 heteroatoms. The minimum atomic E-state index is -0.138. The van der Waals surface area contributed by atoms with Crippen molar-refractivity contribution in [3.63, 3.8) is 0 Å². The fourth-order valence-corrected chi connectivity index (χ4v) is 1.59. The average molecular weight is 226 g/mol. The smallest absolute Gasteiger partial charge is 0.251 e. The van der Waals surface area contributed by atoms with Crippen LogP contribution in [0, 0.1) is 13.8 Å². The molecule has 0 bridgehead atoms. The van der Waals surface area contributed by atoms with Crippen LogP contribution in [0.5, 0.6) is 0 Å². The second-order valence-corrected chi connectivity index (χ2v) is 3.94. The Hall–Kier alpha value is -2.16. The molecule has 0 unspecified atom stereocenters. The maximum absolute atomic E-state index is 11.1. The molecule has 1 aromatic heterocycles. The van der Waals surface area contributed by atoms with Crippen LogP contribution >= 0.6 is 0 Å². The first-order valence-electron chi connectivity index (χ1n) is 5.46. The Labute approximate surface area is 99.9 Å². The summed E-state index contributed by atoms with van der Waals surface area (Å²) in [6, 6.07) is 7.54. The Morgan fingerprint density at radius 1 is 1.18 bits per heavy atom. The number of nitrogens with one attached hydrogen (secondary N) is 1. The summed E-state index contributed by atoms with van der Waals surface area (Å²) in [5.74, 6) is 0.568. The molecule has 0 spiro atoms. The van der Waals surface area contributed by atoms with Crippen molar-refractivity contribution in [2.24, 2.45) is 0 Å². The molecule has 0 saturated heterocycles. The van der Waals surface area contributed by atoms with Crippen molar-refractivity contribution in [1.29, 1.82) is 0 Å². The highest BCUT2D eigenvalue weighted by molar-refractivity contribution is 5.68. The first-order valence-corrected chi connectivity index (χ1v) is 5.46. The second kappa shape index (κ2) is 4.78. The van der Waals surface area contributed by atoms with E-state index >= 15 is 0 Å². The van der Waals surface area contributed by atoms with Gasteiger partial charge in [0, 0.05) is 12.3 Å². The van der Waals surface area contributed by atoms with Gasteiger partial charge in [-0.05, 0) is 36.6 Å². The highest BCUT2D eigenvalue weighted by Crippen LogP contribution is 2.14. The molecule has 1 heterocycles. The fraction of sp³-hybridized carbons (Fsp3) is 0.143. The van der Waals surface area contributed by atoms with Crippen LogP contribution in [0.1, 0.15) is 22.5 Å². The van der Waals surface area contributed by atoms with Gasteiger partial charge in [-0.2, -0.15) is 0 Å². The summed E-state index contributed by atoms with van der Waals surface area (Å²) in [6.07, 6.45) is 5.27. The molecule has 0 radical (unpaired) electrons. The monoisotopic (exact) mass is 226 g/mol. The highest BCUT2D eigenvalue weighted by Gasteiger charge is 1.96. The summed E-state index contributed by atoms with van der Waals surface area (Å²) in [6.45, 7) is 4.16. The molecule has 0 atom stereocenters. The van der Waals surface area contributed by atoms with Crippen LogP contribution in [0.2, 0.25) is 0 Å². The van der Waals surface area contributed by atoms with Gasteiger partial charge in [0.15, 0.2) is 0 Å². The Bertz CT molecular complexity index is 612. The molecular weight excluding hydrogens is 212 g/mol. The first kappa shape index (κ1) is 11.3. The Morgan fingerprint density at radius 2 is 2.00 bits per heavy atom. The molecule has 86 valence electrons. The number of aryl methyl sites for hydroxylation is 1. The molecule has 0 aliphatic carbocycles. The lowest BCUT2D eigenvalue weighted by atomic mass is 10.0.